The first kappa shape index (κ1) is 19.3. The van der Waals surface area contributed by atoms with Crippen molar-refractivity contribution in [3.63, 3.8) is 0 Å². The third kappa shape index (κ3) is 3.18. The van der Waals surface area contributed by atoms with E-state index in [1.54, 1.807) is 18.2 Å². The lowest BCUT2D eigenvalue weighted by Crippen LogP contribution is -2.39. The number of H-pyrrole nitrogens is 1. The summed E-state index contributed by atoms with van der Waals surface area (Å²) in [6.07, 6.45) is 0. The minimum absolute atomic E-state index is 0.0238. The highest BCUT2D eigenvalue weighted by Crippen LogP contribution is 2.33. The Morgan fingerprint density at radius 3 is 2.70 bits per heavy atom. The van der Waals surface area contributed by atoms with Crippen LogP contribution >= 0.6 is 0 Å². The van der Waals surface area contributed by atoms with E-state index in [4.69, 9.17) is 18.6 Å². The normalized spacial score (nSPS) is 14.1. The van der Waals surface area contributed by atoms with Gasteiger partial charge in [-0.15, -0.1) is 10.2 Å². The van der Waals surface area contributed by atoms with Gasteiger partial charge in [-0.25, -0.2) is 9.59 Å². The van der Waals surface area contributed by atoms with Gasteiger partial charge >= 0.3 is 11.9 Å². The summed E-state index contributed by atoms with van der Waals surface area (Å²) in [5.74, 6) is -1.36. The zero-order chi connectivity index (χ0) is 21.3. The smallest absolute Gasteiger partial charge is 0.355 e. The van der Waals surface area contributed by atoms with E-state index in [9.17, 15) is 14.4 Å². The van der Waals surface area contributed by atoms with E-state index in [0.29, 0.717) is 5.69 Å². The van der Waals surface area contributed by atoms with Crippen molar-refractivity contribution in [3.8, 4) is 11.6 Å². The summed E-state index contributed by atoms with van der Waals surface area (Å²) in [4.78, 5) is 38.8. The van der Waals surface area contributed by atoms with Gasteiger partial charge in [0.1, 0.15) is 12.4 Å². The predicted octanol–water partition coefficient (Wildman–Crippen LogP) is 0.367. The first-order chi connectivity index (χ1) is 14.5. The molecule has 1 aliphatic heterocycles. The number of fused-ring (bicyclic) bond motifs is 1. The molecule has 30 heavy (non-hydrogen) atoms. The van der Waals surface area contributed by atoms with E-state index in [-0.39, 0.29) is 52.6 Å². The van der Waals surface area contributed by atoms with E-state index in [2.05, 4.69) is 20.6 Å². The molecule has 1 aromatic carbocycles. The molecule has 0 fully saturated rings. The third-order valence-electron chi connectivity index (χ3n) is 4.42. The first-order valence-corrected chi connectivity index (χ1v) is 8.61. The topological polar surface area (TPSA) is 150 Å². The van der Waals surface area contributed by atoms with Crippen LogP contribution < -0.4 is 10.3 Å². The number of methoxy groups -OCH3 is 2. The summed E-state index contributed by atoms with van der Waals surface area (Å²) in [6.45, 7) is -0.239. The largest absolute Gasteiger partial charge is 0.466 e. The molecule has 1 N–H and O–H groups in total. The maximum absolute atomic E-state index is 12.6. The van der Waals surface area contributed by atoms with E-state index in [1.165, 1.54) is 25.2 Å². The molecule has 4 rings (SSSR count). The monoisotopic (exact) mass is 413 g/mol. The molecule has 3 heterocycles. The van der Waals surface area contributed by atoms with Gasteiger partial charge in [0.2, 0.25) is 5.82 Å². The van der Waals surface area contributed by atoms with E-state index < -0.39 is 11.9 Å². The molecule has 3 aromatic rings. The van der Waals surface area contributed by atoms with Crippen molar-refractivity contribution in [1.82, 2.24) is 20.6 Å². The van der Waals surface area contributed by atoms with Gasteiger partial charge in [0.15, 0.2) is 16.8 Å². The average molecular weight is 413 g/mol. The highest BCUT2D eigenvalue weighted by molar-refractivity contribution is 6.05. The summed E-state index contributed by atoms with van der Waals surface area (Å²) >= 11 is 0. The number of hydrogen-bond donors (Lipinski definition) is 1. The Labute approximate surface area is 168 Å². The number of para-hydroxylation sites is 1. The summed E-state index contributed by atoms with van der Waals surface area (Å²) in [5.41, 5.74) is -0.00929. The number of hydrogen-bond acceptors (Lipinski definition) is 11. The Morgan fingerprint density at radius 2 is 2.00 bits per heavy atom. The predicted molar refractivity (Wildman–Crippen MR) is 100 cm³/mol. The van der Waals surface area contributed by atoms with Gasteiger partial charge in [-0.3, -0.25) is 4.79 Å². The SMILES string of the molecule is COC(=O)C1=C(C(=O)OC)N(c2cccc3c(=O)cc(-c4nn[nH]n4)oc23)COC1. The van der Waals surface area contributed by atoms with E-state index in [0.717, 1.165) is 0 Å². The van der Waals surface area contributed by atoms with Crippen molar-refractivity contribution >= 4 is 28.6 Å². The second-order valence-corrected chi connectivity index (χ2v) is 6.08. The molecule has 12 heteroatoms. The van der Waals surface area contributed by atoms with Crippen molar-refractivity contribution in [2.45, 2.75) is 0 Å². The molecule has 0 bridgehead atoms. The lowest BCUT2D eigenvalue weighted by Gasteiger charge is -2.31. The number of ether oxygens (including phenoxy) is 3. The van der Waals surface area contributed by atoms with Gasteiger partial charge < -0.3 is 23.5 Å². The number of nitrogens with one attached hydrogen (secondary N) is 1. The van der Waals surface area contributed by atoms with Crippen molar-refractivity contribution in [2.24, 2.45) is 0 Å². The van der Waals surface area contributed by atoms with Crippen LogP contribution in [0.3, 0.4) is 0 Å². The van der Waals surface area contributed by atoms with Crippen LogP contribution in [0, 0.1) is 0 Å². The molecular formula is C18H15N5O7. The highest BCUT2D eigenvalue weighted by Gasteiger charge is 2.33. The number of aromatic nitrogens is 4. The zero-order valence-corrected chi connectivity index (χ0v) is 15.9. The Bertz CT molecular complexity index is 1220. The second kappa shape index (κ2) is 7.75. The minimum Gasteiger partial charge on any atom is -0.466 e. The number of tetrazole rings is 1. The lowest BCUT2D eigenvalue weighted by atomic mass is 10.1. The van der Waals surface area contributed by atoms with Gasteiger partial charge in [-0.1, -0.05) is 6.07 Å². The second-order valence-electron chi connectivity index (χ2n) is 6.08. The number of carbonyl (C=O) groups is 2. The highest BCUT2D eigenvalue weighted by atomic mass is 16.5. The first-order valence-electron chi connectivity index (χ1n) is 8.61. The van der Waals surface area contributed by atoms with Crippen molar-refractivity contribution in [3.05, 3.63) is 45.8 Å². The minimum atomic E-state index is -0.771. The summed E-state index contributed by atoms with van der Waals surface area (Å²) in [5, 5.41) is 13.6. The molecule has 2 aromatic heterocycles. The zero-order valence-electron chi connectivity index (χ0n) is 15.9. The van der Waals surface area contributed by atoms with Crippen LogP contribution in [0.15, 0.2) is 44.7 Å². The van der Waals surface area contributed by atoms with Crippen LogP contribution in [0.25, 0.3) is 22.6 Å². The number of aromatic amines is 1. The fourth-order valence-corrected chi connectivity index (χ4v) is 3.08. The van der Waals surface area contributed by atoms with Crippen LogP contribution in [-0.2, 0) is 23.8 Å². The summed E-state index contributed by atoms with van der Waals surface area (Å²) in [6, 6.07) is 6.03. The maximum Gasteiger partial charge on any atom is 0.355 e. The van der Waals surface area contributed by atoms with Crippen molar-refractivity contribution in [2.75, 3.05) is 32.5 Å². The molecule has 1 aliphatic rings. The molecule has 0 aliphatic carbocycles. The number of esters is 2. The number of benzene rings is 1. The number of rotatable bonds is 4. The fraction of sp³-hybridized carbons (Fsp3) is 0.222. The van der Waals surface area contributed by atoms with E-state index in [1.807, 2.05) is 0 Å². The van der Waals surface area contributed by atoms with Gasteiger partial charge in [0, 0.05) is 6.07 Å². The number of anilines is 1. The Hall–Kier alpha value is -4.06. The van der Waals surface area contributed by atoms with Crippen LogP contribution in [0.2, 0.25) is 0 Å². The average Bonchev–Trinajstić information content (AvgIpc) is 3.32. The molecule has 0 spiro atoms. The van der Waals surface area contributed by atoms with Crippen molar-refractivity contribution < 1.29 is 28.2 Å². The van der Waals surface area contributed by atoms with Crippen molar-refractivity contribution in [1.29, 1.82) is 0 Å². The summed E-state index contributed by atoms with van der Waals surface area (Å²) in [7, 11) is 2.38. The Kier molecular flexibility index (Phi) is 4.98. The third-order valence-corrected chi connectivity index (χ3v) is 4.42. The number of nitrogens with zero attached hydrogens (tertiary/aromatic N) is 4. The van der Waals surface area contributed by atoms with Crippen LogP contribution in [-0.4, -0.2) is 60.1 Å². The standard InChI is InChI=1S/C18H15N5O7/c1-27-17(25)10-7-29-8-23(14(10)18(26)28-2)11-5-3-4-9-12(24)6-13(30-15(9)11)16-19-21-22-20-16/h3-6H,7-8H2,1-2H3,(H,19,20,21,22). The number of carbonyl (C=O) groups excluding carboxylic acids is 2. The fourth-order valence-electron chi connectivity index (χ4n) is 3.08. The summed E-state index contributed by atoms with van der Waals surface area (Å²) < 4.78 is 21.0. The molecule has 0 saturated carbocycles. The molecule has 0 saturated heterocycles. The van der Waals surface area contributed by atoms with E-state index >= 15 is 0 Å². The molecule has 0 amide bonds. The van der Waals surface area contributed by atoms with Crippen LogP contribution in [0.1, 0.15) is 0 Å². The van der Waals surface area contributed by atoms with Gasteiger partial charge in [-0.05, 0) is 17.3 Å². The van der Waals surface area contributed by atoms with Gasteiger partial charge in [0.25, 0.3) is 0 Å². The lowest BCUT2D eigenvalue weighted by molar-refractivity contribution is -0.140. The molecule has 0 unspecified atom stereocenters. The quantitative estimate of drug-likeness (QED) is 0.591. The molecule has 0 atom stereocenters. The molecule has 154 valence electrons. The molecular weight excluding hydrogens is 398 g/mol. The van der Waals surface area contributed by atoms with Gasteiger partial charge in [-0.2, -0.15) is 5.21 Å². The van der Waals surface area contributed by atoms with Crippen LogP contribution in [0.5, 0.6) is 0 Å². The van der Waals surface area contributed by atoms with Crippen LogP contribution in [0.4, 0.5) is 5.69 Å². The van der Waals surface area contributed by atoms with Gasteiger partial charge in [0.05, 0.1) is 37.5 Å². The Balaban J connectivity index is 1.96. The molecule has 12 nitrogen and oxygen atoms in total. The molecule has 0 radical (unpaired) electrons. The Morgan fingerprint density at radius 1 is 1.20 bits per heavy atom. The maximum atomic E-state index is 12.6.